The Bertz CT molecular complexity index is 1680. The van der Waals surface area contributed by atoms with Gasteiger partial charge in [-0.15, -0.1) is 0 Å². The number of anilines is 1. The van der Waals surface area contributed by atoms with Crippen LogP contribution in [0, 0.1) is 13.8 Å². The van der Waals surface area contributed by atoms with Crippen LogP contribution in [0.15, 0.2) is 100 Å². The summed E-state index contributed by atoms with van der Waals surface area (Å²) in [6.45, 7) is 5.84. The van der Waals surface area contributed by atoms with Gasteiger partial charge in [-0.3, -0.25) is 9.78 Å². The molecule has 2 heterocycles. The molecule has 2 N–H and O–H groups in total. The molecule has 3 aromatic carbocycles. The minimum Gasteiger partial charge on any atom is -0.455 e. The summed E-state index contributed by atoms with van der Waals surface area (Å²) in [5, 5.41) is 15.4. The minimum absolute atomic E-state index is 0.0260. The van der Waals surface area contributed by atoms with E-state index in [4.69, 9.17) is 4.42 Å². The zero-order chi connectivity index (χ0) is 26.6. The van der Waals surface area contributed by atoms with Crippen molar-refractivity contribution in [2.75, 3.05) is 5.32 Å². The molecule has 0 unspecified atom stereocenters. The summed E-state index contributed by atoms with van der Waals surface area (Å²) in [6.07, 6.45) is 1.76. The van der Waals surface area contributed by atoms with Gasteiger partial charge in [0.05, 0.1) is 11.4 Å². The zero-order valence-electron chi connectivity index (χ0n) is 21.6. The zero-order valence-corrected chi connectivity index (χ0v) is 22.5. The number of hydrogen-bond donors (Lipinski definition) is 3. The number of rotatable bonds is 7. The average molecular weight is 523 g/mol. The first-order valence-electron chi connectivity index (χ1n) is 12.5. The average Bonchev–Trinajstić information content (AvgIpc) is 2.95. The van der Waals surface area contributed by atoms with Crippen molar-refractivity contribution in [3.8, 4) is 11.3 Å². The van der Waals surface area contributed by atoms with Crippen LogP contribution in [-0.2, 0) is 5.75 Å². The van der Waals surface area contributed by atoms with E-state index in [9.17, 15) is 9.90 Å². The van der Waals surface area contributed by atoms with Crippen molar-refractivity contribution >= 4 is 33.1 Å². The Morgan fingerprint density at radius 3 is 2.50 bits per heavy atom. The van der Waals surface area contributed by atoms with E-state index in [2.05, 4.69) is 16.4 Å². The van der Waals surface area contributed by atoms with Gasteiger partial charge in [0.15, 0.2) is 5.43 Å². The fourth-order valence-corrected chi connectivity index (χ4v) is 5.47. The van der Waals surface area contributed by atoms with Crippen molar-refractivity contribution in [1.29, 1.82) is 0 Å². The summed E-state index contributed by atoms with van der Waals surface area (Å²) in [7, 11) is 0. The number of fused-ring (bicyclic) bond motifs is 1. The van der Waals surface area contributed by atoms with Crippen LogP contribution in [0.1, 0.15) is 40.9 Å². The number of benzene rings is 3. The minimum atomic E-state index is -0.201. The standard InChI is InChI=1S/C32H30N2O3S/c1-20-17-26(31-27(18-20)29(35)21(2)30(37-31)23-11-5-4-6-12-23)22(3)34-28-15-8-7-14-25(28)32(36)38-19-24-13-9-10-16-33-24/h4-18,22,34,36,38H,19H2,1-3H3/t22-/m1/s1. The van der Waals surface area contributed by atoms with Crippen LogP contribution in [0.2, 0.25) is 0 Å². The number of thiol groups is 1. The monoisotopic (exact) mass is 522 g/mol. The number of pyridine rings is 1. The molecule has 192 valence electrons. The second-order valence-corrected chi connectivity index (χ2v) is 10.4. The topological polar surface area (TPSA) is 75.4 Å². The molecule has 0 radical (unpaired) electrons. The van der Waals surface area contributed by atoms with Gasteiger partial charge in [-0.1, -0.05) is 54.6 Å². The Morgan fingerprint density at radius 2 is 1.74 bits per heavy atom. The van der Waals surface area contributed by atoms with Gasteiger partial charge in [-0.25, -0.2) is 0 Å². The Kier molecular flexibility index (Phi) is 7.54. The molecule has 0 aliphatic rings. The highest BCUT2D eigenvalue weighted by molar-refractivity contribution is 7.98. The van der Waals surface area contributed by atoms with Crippen LogP contribution in [-0.4, -0.2) is 15.1 Å². The van der Waals surface area contributed by atoms with E-state index in [0.717, 1.165) is 45.0 Å². The molecule has 0 aliphatic heterocycles. The van der Waals surface area contributed by atoms with Crippen molar-refractivity contribution in [3.05, 3.63) is 129 Å². The molecule has 5 rings (SSSR count). The summed E-state index contributed by atoms with van der Waals surface area (Å²) < 4.78 is 6.47. The number of para-hydroxylation sites is 1. The quantitative estimate of drug-likeness (QED) is 0.154. The summed E-state index contributed by atoms with van der Waals surface area (Å²) in [6, 6.07) is 26.9. The third-order valence-electron chi connectivity index (χ3n) is 6.55. The molecule has 0 aliphatic carbocycles. The van der Waals surface area contributed by atoms with Gasteiger partial charge in [0.1, 0.15) is 16.4 Å². The van der Waals surface area contributed by atoms with Crippen LogP contribution in [0.4, 0.5) is 5.69 Å². The van der Waals surface area contributed by atoms with E-state index in [0.29, 0.717) is 28.0 Å². The van der Waals surface area contributed by atoms with Crippen LogP contribution < -0.4 is 10.7 Å². The Hall–Kier alpha value is -4.00. The molecule has 5 aromatic rings. The second-order valence-electron chi connectivity index (χ2n) is 9.35. The van der Waals surface area contributed by atoms with E-state index in [1.54, 1.807) is 6.20 Å². The number of nitrogens with one attached hydrogen (secondary N) is 1. The number of aliphatic hydroxyl groups excluding tert-OH is 1. The molecule has 1 atom stereocenters. The van der Waals surface area contributed by atoms with Crippen molar-refractivity contribution < 1.29 is 9.52 Å². The van der Waals surface area contributed by atoms with Crippen molar-refractivity contribution in [1.82, 2.24) is 4.98 Å². The number of hydrogen-bond acceptors (Lipinski definition) is 4. The largest absolute Gasteiger partial charge is 0.455 e. The summed E-state index contributed by atoms with van der Waals surface area (Å²) in [5.41, 5.74) is 6.34. The van der Waals surface area contributed by atoms with Crippen LogP contribution >= 0.6 is 11.4 Å². The van der Waals surface area contributed by atoms with Crippen LogP contribution in [0.5, 0.6) is 0 Å². The lowest BCUT2D eigenvalue weighted by molar-refractivity contribution is 0.570. The van der Waals surface area contributed by atoms with Crippen LogP contribution in [0.25, 0.3) is 22.3 Å². The maximum absolute atomic E-state index is 13.4. The smallest absolute Gasteiger partial charge is 0.196 e. The molecule has 6 heteroatoms. The number of aryl methyl sites for hydroxylation is 1. The van der Waals surface area contributed by atoms with E-state index in [1.807, 2.05) is 99.6 Å². The third-order valence-corrected chi connectivity index (χ3v) is 7.57. The van der Waals surface area contributed by atoms with Gasteiger partial charge in [-0.2, -0.15) is 11.4 Å². The predicted molar refractivity (Wildman–Crippen MR) is 160 cm³/mol. The normalized spacial score (nSPS) is 12.7. The highest BCUT2D eigenvalue weighted by Gasteiger charge is 2.19. The lowest BCUT2D eigenvalue weighted by atomic mass is 9.98. The summed E-state index contributed by atoms with van der Waals surface area (Å²) in [5.74, 6) is 1.20. The van der Waals surface area contributed by atoms with E-state index >= 15 is 0 Å². The first kappa shape index (κ1) is 25.6. The molecular formula is C32H30N2O3S. The lowest BCUT2D eigenvalue weighted by Crippen LogP contribution is -2.14. The van der Waals surface area contributed by atoms with E-state index in [-0.39, 0.29) is 16.5 Å². The third kappa shape index (κ3) is 5.32. The van der Waals surface area contributed by atoms with Gasteiger partial charge in [0, 0.05) is 45.6 Å². The first-order valence-corrected chi connectivity index (χ1v) is 13.6. The number of aromatic nitrogens is 1. The fourth-order valence-electron chi connectivity index (χ4n) is 4.60. The SMILES string of the molecule is Cc1cc([C@@H](C)Nc2ccccc2C(O)=[SH]Cc2ccccn2)c2oc(-c3ccccc3)c(C)c(=O)c2c1. The molecule has 0 fully saturated rings. The van der Waals surface area contributed by atoms with E-state index in [1.165, 1.54) is 0 Å². The van der Waals surface area contributed by atoms with Crippen molar-refractivity contribution in [2.45, 2.75) is 32.6 Å². The summed E-state index contributed by atoms with van der Waals surface area (Å²) >= 11 is 0.765. The number of aliphatic hydroxyl groups is 1. The maximum Gasteiger partial charge on any atom is 0.196 e. The highest BCUT2D eigenvalue weighted by atomic mass is 32.1. The fraction of sp³-hybridized carbons (Fsp3) is 0.156. The molecule has 0 spiro atoms. The predicted octanol–water partition coefficient (Wildman–Crippen LogP) is 7.35. The van der Waals surface area contributed by atoms with Crippen molar-refractivity contribution in [3.63, 3.8) is 0 Å². The lowest BCUT2D eigenvalue weighted by Gasteiger charge is -2.20. The first-order chi connectivity index (χ1) is 18.4. The van der Waals surface area contributed by atoms with E-state index < -0.39 is 0 Å². The maximum atomic E-state index is 13.4. The molecule has 0 amide bonds. The van der Waals surface area contributed by atoms with Crippen molar-refractivity contribution in [2.24, 2.45) is 0 Å². The van der Waals surface area contributed by atoms with Gasteiger partial charge in [0.2, 0.25) is 0 Å². The number of nitrogens with zero attached hydrogens (tertiary/aromatic N) is 1. The molecule has 2 aromatic heterocycles. The van der Waals surface area contributed by atoms with Gasteiger partial charge in [-0.05, 0) is 56.7 Å². The summed E-state index contributed by atoms with van der Waals surface area (Å²) in [4.78, 5) is 17.8. The second kappa shape index (κ2) is 11.2. The molecule has 0 bridgehead atoms. The Labute approximate surface area is 225 Å². The molecule has 5 nitrogen and oxygen atoms in total. The van der Waals surface area contributed by atoms with Gasteiger partial charge in [0.25, 0.3) is 0 Å². The molecule has 0 saturated heterocycles. The van der Waals surface area contributed by atoms with Gasteiger partial charge >= 0.3 is 0 Å². The molecule has 0 saturated carbocycles. The molecule has 38 heavy (non-hydrogen) atoms. The highest BCUT2D eigenvalue weighted by Crippen LogP contribution is 2.32. The van der Waals surface area contributed by atoms with Crippen LogP contribution in [0.3, 0.4) is 0 Å². The van der Waals surface area contributed by atoms with Gasteiger partial charge < -0.3 is 14.8 Å². The Balaban J connectivity index is 1.53. The Morgan fingerprint density at radius 1 is 1.00 bits per heavy atom. The molecular weight excluding hydrogens is 492 g/mol.